The fourth-order valence-corrected chi connectivity index (χ4v) is 1.75. The Balaban J connectivity index is 2.09. The molecule has 2 atom stereocenters. The van der Waals surface area contributed by atoms with E-state index in [0.717, 1.165) is 19.4 Å². The number of allylic oxidation sites excluding steroid dienone is 3. The Labute approximate surface area is 116 Å². The lowest BCUT2D eigenvalue weighted by molar-refractivity contribution is -0.116. The van der Waals surface area contributed by atoms with E-state index >= 15 is 0 Å². The third-order valence-electron chi connectivity index (χ3n) is 2.78. The summed E-state index contributed by atoms with van der Waals surface area (Å²) in [5.41, 5.74) is 0. The highest BCUT2D eigenvalue weighted by Crippen LogP contribution is 2.15. The molecule has 0 aliphatic carbocycles. The topological polar surface area (TPSA) is 38.3 Å². The number of carbonyl (C=O) groups excluding carboxylic acids is 1. The molecule has 1 N–H and O–H groups in total. The van der Waals surface area contributed by atoms with Crippen molar-refractivity contribution >= 4 is 5.91 Å². The first-order valence-electron chi connectivity index (χ1n) is 7.02. The summed E-state index contributed by atoms with van der Waals surface area (Å²) in [6.45, 7) is 6.91. The fourth-order valence-electron chi connectivity index (χ4n) is 1.75. The van der Waals surface area contributed by atoms with Gasteiger partial charge in [-0.3, -0.25) is 4.79 Å². The number of ether oxygens (including phenoxy) is 1. The van der Waals surface area contributed by atoms with Crippen LogP contribution in [0.15, 0.2) is 36.5 Å². The molecule has 0 unspecified atom stereocenters. The van der Waals surface area contributed by atoms with Gasteiger partial charge in [-0.1, -0.05) is 44.2 Å². The van der Waals surface area contributed by atoms with Crippen LogP contribution in [0, 0.1) is 5.92 Å². The average molecular weight is 263 g/mol. The van der Waals surface area contributed by atoms with Crippen LogP contribution >= 0.6 is 0 Å². The van der Waals surface area contributed by atoms with Gasteiger partial charge in [-0.15, -0.1) is 0 Å². The number of hydrogen-bond donors (Lipinski definition) is 1. The summed E-state index contributed by atoms with van der Waals surface area (Å²) < 4.78 is 5.63. The molecule has 0 aromatic rings. The van der Waals surface area contributed by atoms with Crippen LogP contribution in [0.4, 0.5) is 0 Å². The molecule has 1 amide bonds. The molecular formula is C16H25NO2. The molecule has 0 saturated heterocycles. The zero-order valence-corrected chi connectivity index (χ0v) is 12.1. The molecular weight excluding hydrogens is 238 g/mol. The van der Waals surface area contributed by atoms with Crippen molar-refractivity contribution in [2.24, 2.45) is 5.92 Å². The molecule has 0 fully saturated rings. The van der Waals surface area contributed by atoms with Crippen LogP contribution in [0.3, 0.4) is 0 Å². The molecule has 3 heteroatoms. The highest BCUT2D eigenvalue weighted by molar-refractivity contribution is 5.87. The van der Waals surface area contributed by atoms with Gasteiger partial charge in [-0.05, 0) is 25.7 Å². The quantitative estimate of drug-likeness (QED) is 0.435. The van der Waals surface area contributed by atoms with Crippen LogP contribution in [0.2, 0.25) is 0 Å². The molecule has 1 aliphatic rings. The molecule has 3 nitrogen and oxygen atoms in total. The highest BCUT2D eigenvalue weighted by atomic mass is 16.5. The Morgan fingerprint density at radius 1 is 1.37 bits per heavy atom. The van der Waals surface area contributed by atoms with E-state index in [0.29, 0.717) is 5.92 Å². The minimum Gasteiger partial charge on any atom is -0.367 e. The first kappa shape index (κ1) is 15.7. The zero-order valence-electron chi connectivity index (χ0n) is 12.1. The Bertz CT molecular complexity index is 356. The van der Waals surface area contributed by atoms with Crippen molar-refractivity contribution < 1.29 is 9.53 Å². The summed E-state index contributed by atoms with van der Waals surface area (Å²) in [5.74, 6) is 0.448. The molecule has 0 aromatic carbocycles. The molecule has 0 saturated carbocycles. The molecule has 19 heavy (non-hydrogen) atoms. The summed E-state index contributed by atoms with van der Waals surface area (Å²) in [6, 6.07) is 0. The van der Waals surface area contributed by atoms with E-state index in [1.54, 1.807) is 12.2 Å². The number of carbonyl (C=O) groups is 1. The molecule has 0 bridgehead atoms. The second-order valence-electron chi connectivity index (χ2n) is 5.27. The zero-order chi connectivity index (χ0) is 14.1. The van der Waals surface area contributed by atoms with E-state index in [1.807, 2.05) is 13.0 Å². The van der Waals surface area contributed by atoms with Gasteiger partial charge in [-0.2, -0.15) is 0 Å². The predicted molar refractivity (Wildman–Crippen MR) is 78.8 cm³/mol. The lowest BCUT2D eigenvalue weighted by atomic mass is 10.2. The third kappa shape index (κ3) is 7.62. The van der Waals surface area contributed by atoms with Gasteiger partial charge in [0.25, 0.3) is 0 Å². The second-order valence-corrected chi connectivity index (χ2v) is 5.27. The maximum Gasteiger partial charge on any atom is 0.243 e. The molecule has 0 radical (unpaired) electrons. The fraction of sp³-hybridized carbons (Fsp3) is 0.562. The monoisotopic (exact) mass is 263 g/mol. The lowest BCUT2D eigenvalue weighted by Gasteiger charge is -2.08. The average Bonchev–Trinajstić information content (AvgIpc) is 2.77. The van der Waals surface area contributed by atoms with Crippen LogP contribution in [-0.4, -0.2) is 24.7 Å². The van der Waals surface area contributed by atoms with Gasteiger partial charge in [0.05, 0.1) is 12.2 Å². The van der Waals surface area contributed by atoms with Crippen LogP contribution in [0.1, 0.15) is 33.6 Å². The maximum absolute atomic E-state index is 11.4. The van der Waals surface area contributed by atoms with Gasteiger partial charge >= 0.3 is 0 Å². The van der Waals surface area contributed by atoms with Gasteiger partial charge in [0, 0.05) is 12.6 Å². The lowest BCUT2D eigenvalue weighted by Crippen LogP contribution is -2.25. The van der Waals surface area contributed by atoms with Crippen LogP contribution < -0.4 is 5.32 Å². The third-order valence-corrected chi connectivity index (χ3v) is 2.78. The first-order chi connectivity index (χ1) is 9.08. The van der Waals surface area contributed by atoms with Crippen molar-refractivity contribution in [2.75, 3.05) is 6.54 Å². The smallest absolute Gasteiger partial charge is 0.243 e. The molecule has 1 rings (SSSR count). The summed E-state index contributed by atoms with van der Waals surface area (Å²) in [4.78, 5) is 11.4. The van der Waals surface area contributed by atoms with Gasteiger partial charge < -0.3 is 10.1 Å². The van der Waals surface area contributed by atoms with Crippen molar-refractivity contribution in [2.45, 2.75) is 45.8 Å². The summed E-state index contributed by atoms with van der Waals surface area (Å²) in [7, 11) is 0. The van der Waals surface area contributed by atoms with Crippen molar-refractivity contribution in [1.82, 2.24) is 5.32 Å². The van der Waals surface area contributed by atoms with Crippen molar-refractivity contribution in [3.8, 4) is 0 Å². The number of rotatable bonds is 7. The highest BCUT2D eigenvalue weighted by Gasteiger charge is 2.13. The molecule has 106 valence electrons. The maximum atomic E-state index is 11.4. The normalized spacial score (nSPS) is 22.9. The van der Waals surface area contributed by atoms with E-state index in [1.165, 1.54) is 0 Å². The van der Waals surface area contributed by atoms with E-state index in [9.17, 15) is 4.79 Å². The van der Waals surface area contributed by atoms with Crippen LogP contribution in [0.5, 0.6) is 0 Å². The van der Waals surface area contributed by atoms with E-state index in [-0.39, 0.29) is 18.1 Å². The summed E-state index contributed by atoms with van der Waals surface area (Å²) >= 11 is 0. The largest absolute Gasteiger partial charge is 0.367 e. The SMILES string of the molecule is CC(C)CNC(=O)/C=C/C=C/CC[C@@H]1C=C[C@H](C)O1. The molecule has 1 heterocycles. The number of hydrogen-bond acceptors (Lipinski definition) is 2. The Morgan fingerprint density at radius 2 is 2.16 bits per heavy atom. The van der Waals surface area contributed by atoms with Crippen molar-refractivity contribution in [1.29, 1.82) is 0 Å². The van der Waals surface area contributed by atoms with Crippen molar-refractivity contribution in [3.63, 3.8) is 0 Å². The van der Waals surface area contributed by atoms with Gasteiger partial charge in [0.2, 0.25) is 5.91 Å². The first-order valence-corrected chi connectivity index (χ1v) is 7.02. The standard InChI is InChI=1S/C16H25NO2/c1-13(2)12-17-16(18)9-7-5-4-6-8-15-11-10-14(3)19-15/h4-5,7,9-11,13-15H,6,8,12H2,1-3H3,(H,17,18)/b5-4+,9-7+/t14-,15+/m0/s1. The Hall–Kier alpha value is -1.35. The molecule has 0 spiro atoms. The number of nitrogens with one attached hydrogen (secondary N) is 1. The van der Waals surface area contributed by atoms with E-state index in [4.69, 9.17) is 4.74 Å². The summed E-state index contributed by atoms with van der Waals surface area (Å²) in [5, 5.41) is 2.83. The van der Waals surface area contributed by atoms with Crippen LogP contribution in [0.25, 0.3) is 0 Å². The van der Waals surface area contributed by atoms with Gasteiger partial charge in [-0.25, -0.2) is 0 Å². The summed E-state index contributed by atoms with van der Waals surface area (Å²) in [6.07, 6.45) is 14.0. The predicted octanol–water partition coefficient (Wildman–Crippen LogP) is 2.99. The second kappa shape index (κ2) is 8.70. The van der Waals surface area contributed by atoms with Gasteiger partial charge in [0.15, 0.2) is 0 Å². The minimum absolute atomic E-state index is 0.0331. The Morgan fingerprint density at radius 3 is 2.79 bits per heavy atom. The van der Waals surface area contributed by atoms with E-state index in [2.05, 4.69) is 37.4 Å². The van der Waals surface area contributed by atoms with Gasteiger partial charge in [0.1, 0.15) is 0 Å². The minimum atomic E-state index is -0.0331. The van der Waals surface area contributed by atoms with Crippen molar-refractivity contribution in [3.05, 3.63) is 36.5 Å². The van der Waals surface area contributed by atoms with E-state index < -0.39 is 0 Å². The molecule has 0 aromatic heterocycles. The Kier molecular flexibility index (Phi) is 7.19. The number of amides is 1. The molecule has 1 aliphatic heterocycles. The van der Waals surface area contributed by atoms with Crippen LogP contribution in [-0.2, 0) is 9.53 Å².